The lowest BCUT2D eigenvalue weighted by atomic mass is 10.3. The van der Waals surface area contributed by atoms with Crippen molar-refractivity contribution in [2.24, 2.45) is 5.10 Å². The van der Waals surface area contributed by atoms with Gasteiger partial charge in [0.1, 0.15) is 5.75 Å². The fourth-order valence-electron chi connectivity index (χ4n) is 0.839. The number of hydrogen-bond acceptors (Lipinski definition) is 3. The van der Waals surface area contributed by atoms with E-state index in [2.05, 4.69) is 10.5 Å². The van der Waals surface area contributed by atoms with Gasteiger partial charge in [-0.15, -0.1) is 5.10 Å². The second kappa shape index (κ2) is 4.38. The molecule has 0 aliphatic carbocycles. The van der Waals surface area contributed by atoms with Gasteiger partial charge in [-0.2, -0.15) is 0 Å². The van der Waals surface area contributed by atoms with Gasteiger partial charge >= 0.3 is 0 Å². The Kier molecular flexibility index (Phi) is 3.14. The van der Waals surface area contributed by atoms with Crippen molar-refractivity contribution >= 4 is 5.90 Å². The third-order valence-corrected chi connectivity index (χ3v) is 1.28. The molecule has 1 N–H and O–H groups in total. The molecule has 0 unspecified atom stereocenters. The summed E-state index contributed by atoms with van der Waals surface area (Å²) in [4.78, 5) is 0. The minimum atomic E-state index is 0.601. The van der Waals surface area contributed by atoms with Gasteiger partial charge < -0.3 is 10.2 Å². The molecular formula is C9H12N2O. The van der Waals surface area contributed by atoms with Crippen LogP contribution in [-0.4, -0.2) is 12.9 Å². The standard InChI is InChI=1S/C9H12N2O/c1-8(11-10-2)12-9-6-4-3-5-7-9/h3-7,10H,1-2H3. The SMILES string of the molecule is CNN=C(C)Oc1ccccc1. The maximum atomic E-state index is 5.34. The minimum Gasteiger partial charge on any atom is -0.442 e. The van der Waals surface area contributed by atoms with Crippen molar-refractivity contribution in [3.63, 3.8) is 0 Å². The van der Waals surface area contributed by atoms with Crippen molar-refractivity contribution in [2.75, 3.05) is 7.05 Å². The highest BCUT2D eigenvalue weighted by Crippen LogP contribution is 2.08. The Morgan fingerprint density at radius 1 is 1.33 bits per heavy atom. The Morgan fingerprint density at radius 2 is 2.00 bits per heavy atom. The van der Waals surface area contributed by atoms with Crippen LogP contribution in [0.25, 0.3) is 0 Å². The number of nitrogens with one attached hydrogen (secondary N) is 1. The van der Waals surface area contributed by atoms with Gasteiger partial charge in [-0.3, -0.25) is 0 Å². The van der Waals surface area contributed by atoms with Crippen LogP contribution in [0.4, 0.5) is 0 Å². The van der Waals surface area contributed by atoms with Crippen LogP contribution in [0.5, 0.6) is 5.75 Å². The van der Waals surface area contributed by atoms with Crippen LogP contribution < -0.4 is 10.2 Å². The van der Waals surface area contributed by atoms with E-state index in [0.29, 0.717) is 5.90 Å². The molecule has 0 heterocycles. The molecule has 0 saturated carbocycles. The molecule has 0 fully saturated rings. The highest BCUT2D eigenvalue weighted by molar-refractivity contribution is 5.75. The van der Waals surface area contributed by atoms with Crippen molar-refractivity contribution in [2.45, 2.75) is 6.92 Å². The Balaban J connectivity index is 2.58. The van der Waals surface area contributed by atoms with Crippen LogP contribution in [0.1, 0.15) is 6.92 Å². The molecule has 1 aromatic rings. The lowest BCUT2D eigenvalue weighted by molar-refractivity contribution is 0.537. The van der Waals surface area contributed by atoms with E-state index in [1.165, 1.54) is 0 Å². The van der Waals surface area contributed by atoms with E-state index in [-0.39, 0.29) is 0 Å². The summed E-state index contributed by atoms with van der Waals surface area (Å²) in [7, 11) is 1.73. The van der Waals surface area contributed by atoms with E-state index < -0.39 is 0 Å². The molecule has 0 bridgehead atoms. The molecular weight excluding hydrogens is 152 g/mol. The monoisotopic (exact) mass is 164 g/mol. The summed E-state index contributed by atoms with van der Waals surface area (Å²) in [6.07, 6.45) is 0. The second-order valence-corrected chi connectivity index (χ2v) is 2.27. The van der Waals surface area contributed by atoms with Gasteiger partial charge in [0, 0.05) is 14.0 Å². The number of hydrogen-bond donors (Lipinski definition) is 1. The number of benzene rings is 1. The summed E-state index contributed by atoms with van der Waals surface area (Å²) in [6, 6.07) is 9.55. The molecule has 0 amide bonds. The predicted octanol–water partition coefficient (Wildman–Crippen LogP) is 1.62. The second-order valence-electron chi connectivity index (χ2n) is 2.27. The Labute approximate surface area is 72.1 Å². The molecule has 0 aromatic heterocycles. The fourth-order valence-corrected chi connectivity index (χ4v) is 0.839. The molecule has 3 heteroatoms. The minimum absolute atomic E-state index is 0.601. The van der Waals surface area contributed by atoms with Crippen LogP contribution in [0.15, 0.2) is 35.4 Å². The van der Waals surface area contributed by atoms with Gasteiger partial charge in [0.05, 0.1) is 0 Å². The molecule has 0 saturated heterocycles. The van der Waals surface area contributed by atoms with Gasteiger partial charge in [-0.1, -0.05) is 18.2 Å². The van der Waals surface area contributed by atoms with E-state index in [0.717, 1.165) is 5.75 Å². The smallest absolute Gasteiger partial charge is 0.208 e. The Bertz CT molecular complexity index is 256. The molecule has 1 aromatic carbocycles. The fraction of sp³-hybridized carbons (Fsp3) is 0.222. The third-order valence-electron chi connectivity index (χ3n) is 1.28. The van der Waals surface area contributed by atoms with Crippen molar-refractivity contribution in [3.05, 3.63) is 30.3 Å². The summed E-state index contributed by atoms with van der Waals surface area (Å²) in [5.41, 5.74) is 2.65. The number of rotatable bonds is 2. The first kappa shape index (κ1) is 8.59. The number of nitrogens with zero attached hydrogens (tertiary/aromatic N) is 1. The Hall–Kier alpha value is -1.51. The molecule has 0 atom stereocenters. The quantitative estimate of drug-likeness (QED) is 0.409. The zero-order valence-electron chi connectivity index (χ0n) is 7.24. The van der Waals surface area contributed by atoms with E-state index in [4.69, 9.17) is 4.74 Å². The van der Waals surface area contributed by atoms with Gasteiger partial charge in [0.25, 0.3) is 0 Å². The number of hydrazone groups is 1. The topological polar surface area (TPSA) is 33.6 Å². The molecule has 0 radical (unpaired) electrons. The summed E-state index contributed by atoms with van der Waals surface area (Å²) >= 11 is 0. The molecule has 0 spiro atoms. The van der Waals surface area contributed by atoms with E-state index in [1.807, 2.05) is 30.3 Å². The van der Waals surface area contributed by atoms with Crippen LogP contribution in [-0.2, 0) is 0 Å². The van der Waals surface area contributed by atoms with Gasteiger partial charge in [-0.05, 0) is 12.1 Å². The van der Waals surface area contributed by atoms with Crippen molar-refractivity contribution < 1.29 is 4.74 Å². The highest BCUT2D eigenvalue weighted by atomic mass is 16.5. The van der Waals surface area contributed by atoms with Gasteiger partial charge in [0.2, 0.25) is 5.90 Å². The molecule has 3 nitrogen and oxygen atoms in total. The van der Waals surface area contributed by atoms with Crippen molar-refractivity contribution in [3.8, 4) is 5.75 Å². The van der Waals surface area contributed by atoms with Gasteiger partial charge in [0.15, 0.2) is 0 Å². The van der Waals surface area contributed by atoms with E-state index >= 15 is 0 Å². The highest BCUT2D eigenvalue weighted by Gasteiger charge is 1.92. The number of para-hydroxylation sites is 1. The number of ether oxygens (including phenoxy) is 1. The lowest BCUT2D eigenvalue weighted by Crippen LogP contribution is -2.08. The predicted molar refractivity (Wildman–Crippen MR) is 49.2 cm³/mol. The lowest BCUT2D eigenvalue weighted by Gasteiger charge is -2.02. The summed E-state index contributed by atoms with van der Waals surface area (Å²) in [5, 5.41) is 3.86. The largest absolute Gasteiger partial charge is 0.442 e. The average molecular weight is 164 g/mol. The first-order valence-corrected chi connectivity index (χ1v) is 3.77. The molecule has 0 aliphatic heterocycles. The first-order valence-electron chi connectivity index (χ1n) is 3.77. The average Bonchev–Trinajstić information content (AvgIpc) is 2.06. The molecule has 0 aliphatic rings. The molecule has 12 heavy (non-hydrogen) atoms. The summed E-state index contributed by atoms with van der Waals surface area (Å²) in [5.74, 6) is 1.40. The van der Waals surface area contributed by atoms with E-state index in [9.17, 15) is 0 Å². The van der Waals surface area contributed by atoms with Crippen LogP contribution in [0.2, 0.25) is 0 Å². The zero-order valence-corrected chi connectivity index (χ0v) is 7.24. The van der Waals surface area contributed by atoms with Crippen molar-refractivity contribution in [1.82, 2.24) is 5.43 Å². The summed E-state index contributed by atoms with van der Waals surface area (Å²) in [6.45, 7) is 1.80. The molecule has 64 valence electrons. The van der Waals surface area contributed by atoms with E-state index in [1.54, 1.807) is 14.0 Å². The van der Waals surface area contributed by atoms with Crippen molar-refractivity contribution in [1.29, 1.82) is 0 Å². The van der Waals surface area contributed by atoms with Crippen LogP contribution >= 0.6 is 0 Å². The van der Waals surface area contributed by atoms with Crippen LogP contribution in [0.3, 0.4) is 0 Å². The molecule has 1 rings (SSSR count). The van der Waals surface area contributed by atoms with Gasteiger partial charge in [-0.25, -0.2) is 0 Å². The third kappa shape index (κ3) is 2.62. The maximum Gasteiger partial charge on any atom is 0.208 e. The Morgan fingerprint density at radius 3 is 2.58 bits per heavy atom. The normalized spacial score (nSPS) is 11.0. The summed E-state index contributed by atoms with van der Waals surface area (Å²) < 4.78 is 5.34. The van der Waals surface area contributed by atoms with Crippen LogP contribution in [0, 0.1) is 0 Å². The maximum absolute atomic E-state index is 5.34. The zero-order chi connectivity index (χ0) is 8.81. The first-order chi connectivity index (χ1) is 5.83.